The zero-order valence-corrected chi connectivity index (χ0v) is 23.4. The molecule has 2 amide bonds. The SMILES string of the molecule is CCOc1cc(/C=C2\SC(=S)N(c3ccc(C)c(C)c3)C2=O)ccc1OCC(=O)Nc1ccccc1C(F)(F)F. The summed E-state index contributed by atoms with van der Waals surface area (Å²) < 4.78 is 51.3. The number of alkyl halides is 3. The second-order valence-electron chi connectivity index (χ2n) is 8.81. The number of rotatable bonds is 8. The maximum atomic E-state index is 13.2. The molecule has 0 aromatic heterocycles. The van der Waals surface area contributed by atoms with E-state index in [9.17, 15) is 22.8 Å². The molecular formula is C29H25F3N2O4S2. The van der Waals surface area contributed by atoms with Crippen LogP contribution in [0.2, 0.25) is 0 Å². The Balaban J connectivity index is 1.49. The Labute approximate surface area is 239 Å². The number of hydrogen-bond acceptors (Lipinski definition) is 6. The predicted octanol–water partition coefficient (Wildman–Crippen LogP) is 7.14. The number of benzene rings is 3. The van der Waals surface area contributed by atoms with Gasteiger partial charge in [0.25, 0.3) is 11.8 Å². The van der Waals surface area contributed by atoms with Crippen molar-refractivity contribution in [3.63, 3.8) is 0 Å². The van der Waals surface area contributed by atoms with Gasteiger partial charge in [-0.15, -0.1) is 0 Å². The number of thioether (sulfide) groups is 1. The number of amides is 2. The van der Waals surface area contributed by atoms with Gasteiger partial charge >= 0.3 is 6.18 Å². The average Bonchev–Trinajstić information content (AvgIpc) is 3.17. The highest BCUT2D eigenvalue weighted by molar-refractivity contribution is 8.27. The van der Waals surface area contributed by atoms with Crippen LogP contribution in [0, 0.1) is 13.8 Å². The van der Waals surface area contributed by atoms with Crippen molar-refractivity contribution in [2.24, 2.45) is 0 Å². The average molecular weight is 587 g/mol. The third-order valence-electron chi connectivity index (χ3n) is 5.97. The summed E-state index contributed by atoms with van der Waals surface area (Å²) in [5.41, 5.74) is 2.18. The van der Waals surface area contributed by atoms with E-state index in [4.69, 9.17) is 21.7 Å². The lowest BCUT2D eigenvalue weighted by Gasteiger charge is -2.16. The summed E-state index contributed by atoms with van der Waals surface area (Å²) >= 11 is 6.66. The number of carbonyl (C=O) groups is 2. The summed E-state index contributed by atoms with van der Waals surface area (Å²) in [6.45, 7) is 5.48. The molecule has 1 aliphatic rings. The number of nitrogens with zero attached hydrogens (tertiary/aromatic N) is 1. The maximum Gasteiger partial charge on any atom is 0.418 e. The topological polar surface area (TPSA) is 67.9 Å². The summed E-state index contributed by atoms with van der Waals surface area (Å²) in [6.07, 6.45) is -2.93. The van der Waals surface area contributed by atoms with Crippen molar-refractivity contribution in [1.82, 2.24) is 0 Å². The van der Waals surface area contributed by atoms with E-state index in [2.05, 4.69) is 5.32 Å². The van der Waals surface area contributed by atoms with Crippen molar-refractivity contribution in [1.29, 1.82) is 0 Å². The normalized spacial score (nSPS) is 14.6. The minimum absolute atomic E-state index is 0.223. The molecule has 1 aliphatic heterocycles. The van der Waals surface area contributed by atoms with Crippen molar-refractivity contribution in [3.05, 3.63) is 87.8 Å². The number of aryl methyl sites for hydroxylation is 2. The summed E-state index contributed by atoms with van der Waals surface area (Å²) in [4.78, 5) is 27.5. The number of halogens is 3. The largest absolute Gasteiger partial charge is 0.490 e. The van der Waals surface area contributed by atoms with Crippen LogP contribution in [0.25, 0.3) is 6.08 Å². The Morgan fingerprint density at radius 1 is 1.02 bits per heavy atom. The Kier molecular flexibility index (Phi) is 8.85. The van der Waals surface area contributed by atoms with Crippen LogP contribution in [0.3, 0.4) is 0 Å². The highest BCUT2D eigenvalue weighted by Crippen LogP contribution is 2.38. The van der Waals surface area contributed by atoms with Crippen LogP contribution in [0.15, 0.2) is 65.6 Å². The second-order valence-corrected chi connectivity index (χ2v) is 10.5. The summed E-state index contributed by atoms with van der Waals surface area (Å²) in [5.74, 6) is -0.476. The fourth-order valence-corrected chi connectivity index (χ4v) is 5.18. The number of hydrogen-bond donors (Lipinski definition) is 1. The molecule has 1 heterocycles. The van der Waals surface area contributed by atoms with Gasteiger partial charge in [-0.2, -0.15) is 13.2 Å². The summed E-state index contributed by atoms with van der Waals surface area (Å²) in [5, 5.41) is 2.24. The number of thiocarbonyl (C=S) groups is 1. The number of para-hydroxylation sites is 1. The van der Waals surface area contributed by atoms with E-state index in [0.29, 0.717) is 32.8 Å². The van der Waals surface area contributed by atoms with E-state index in [1.807, 2.05) is 32.0 Å². The molecule has 40 heavy (non-hydrogen) atoms. The van der Waals surface area contributed by atoms with E-state index in [0.717, 1.165) is 17.2 Å². The first-order valence-corrected chi connectivity index (χ1v) is 13.4. The number of ether oxygens (including phenoxy) is 2. The van der Waals surface area contributed by atoms with Crippen molar-refractivity contribution in [3.8, 4) is 11.5 Å². The van der Waals surface area contributed by atoms with Gasteiger partial charge in [-0.05, 0) is 79.9 Å². The molecule has 1 fully saturated rings. The summed E-state index contributed by atoms with van der Waals surface area (Å²) in [7, 11) is 0. The van der Waals surface area contributed by atoms with Gasteiger partial charge in [-0.3, -0.25) is 14.5 Å². The minimum atomic E-state index is -4.62. The lowest BCUT2D eigenvalue weighted by molar-refractivity contribution is -0.137. The van der Waals surface area contributed by atoms with Gasteiger partial charge < -0.3 is 14.8 Å². The zero-order chi connectivity index (χ0) is 29.0. The van der Waals surface area contributed by atoms with Gasteiger partial charge in [0.05, 0.1) is 28.5 Å². The number of nitrogens with one attached hydrogen (secondary N) is 1. The van der Waals surface area contributed by atoms with E-state index < -0.39 is 24.3 Å². The maximum absolute atomic E-state index is 13.2. The molecule has 0 saturated carbocycles. The van der Waals surface area contributed by atoms with Gasteiger partial charge in [0, 0.05) is 0 Å². The first-order chi connectivity index (χ1) is 19.0. The predicted molar refractivity (Wildman–Crippen MR) is 155 cm³/mol. The lowest BCUT2D eigenvalue weighted by Crippen LogP contribution is -2.27. The molecular weight excluding hydrogens is 561 g/mol. The van der Waals surface area contributed by atoms with Crippen LogP contribution in [-0.2, 0) is 15.8 Å². The highest BCUT2D eigenvalue weighted by Gasteiger charge is 2.34. The fraction of sp³-hybridized carbons (Fsp3) is 0.207. The Morgan fingerprint density at radius 2 is 1.77 bits per heavy atom. The highest BCUT2D eigenvalue weighted by atomic mass is 32.2. The molecule has 0 bridgehead atoms. The molecule has 3 aromatic rings. The smallest absolute Gasteiger partial charge is 0.418 e. The number of carbonyl (C=O) groups excluding carboxylic acids is 2. The number of anilines is 2. The molecule has 0 radical (unpaired) electrons. The van der Waals surface area contributed by atoms with E-state index in [1.165, 1.54) is 34.9 Å². The molecule has 11 heteroatoms. The standard InChI is InChI=1S/C29H25F3N2O4S2/c1-4-37-24-14-19(15-25-27(36)34(28(39)40-25)20-11-9-17(2)18(3)13-20)10-12-23(24)38-16-26(35)33-22-8-6-5-7-21(22)29(30,31)32/h5-15H,4,16H2,1-3H3,(H,33,35)/b25-15-. The molecule has 0 unspecified atom stereocenters. The molecule has 6 nitrogen and oxygen atoms in total. The molecule has 208 valence electrons. The van der Waals surface area contributed by atoms with Crippen LogP contribution < -0.4 is 19.7 Å². The van der Waals surface area contributed by atoms with E-state index in [1.54, 1.807) is 31.2 Å². The van der Waals surface area contributed by atoms with Crippen LogP contribution in [0.1, 0.15) is 29.2 Å². The van der Waals surface area contributed by atoms with Gasteiger partial charge in [0.2, 0.25) is 0 Å². The van der Waals surface area contributed by atoms with Crippen LogP contribution in [0.5, 0.6) is 11.5 Å². The fourth-order valence-electron chi connectivity index (χ4n) is 3.88. The van der Waals surface area contributed by atoms with Gasteiger partial charge in [0.15, 0.2) is 22.4 Å². The zero-order valence-electron chi connectivity index (χ0n) is 21.8. The van der Waals surface area contributed by atoms with Crippen molar-refractivity contribution >= 4 is 57.6 Å². The Morgan fingerprint density at radius 3 is 2.48 bits per heavy atom. The molecule has 1 N–H and O–H groups in total. The van der Waals surface area contributed by atoms with Gasteiger partial charge in [0.1, 0.15) is 0 Å². The van der Waals surface area contributed by atoms with Crippen LogP contribution >= 0.6 is 24.0 Å². The molecule has 1 saturated heterocycles. The van der Waals surface area contributed by atoms with E-state index >= 15 is 0 Å². The first-order valence-electron chi connectivity index (χ1n) is 12.2. The molecule has 4 rings (SSSR count). The van der Waals surface area contributed by atoms with Crippen LogP contribution in [-0.4, -0.2) is 29.3 Å². The third-order valence-corrected chi connectivity index (χ3v) is 7.28. The third kappa shape index (κ3) is 6.65. The molecule has 0 aliphatic carbocycles. The molecule has 0 spiro atoms. The van der Waals surface area contributed by atoms with Gasteiger partial charge in [-0.25, -0.2) is 0 Å². The van der Waals surface area contributed by atoms with Crippen molar-refractivity contribution in [2.45, 2.75) is 26.9 Å². The van der Waals surface area contributed by atoms with Crippen LogP contribution in [0.4, 0.5) is 24.5 Å². The quantitative estimate of drug-likeness (QED) is 0.224. The lowest BCUT2D eigenvalue weighted by atomic mass is 10.1. The van der Waals surface area contributed by atoms with E-state index in [-0.39, 0.29) is 17.3 Å². The second kappa shape index (κ2) is 12.1. The molecule has 0 atom stereocenters. The van der Waals surface area contributed by atoms with Crippen molar-refractivity contribution < 1.29 is 32.2 Å². The Bertz CT molecular complexity index is 1500. The Hall–Kier alpha value is -3.83. The minimum Gasteiger partial charge on any atom is -0.490 e. The molecule has 3 aromatic carbocycles. The summed E-state index contributed by atoms with van der Waals surface area (Å²) in [6, 6.07) is 15.3. The van der Waals surface area contributed by atoms with Crippen molar-refractivity contribution in [2.75, 3.05) is 23.4 Å². The first kappa shape index (κ1) is 29.2. The monoisotopic (exact) mass is 586 g/mol. The van der Waals surface area contributed by atoms with Gasteiger partial charge in [-0.1, -0.05) is 48.2 Å².